The Morgan fingerprint density at radius 2 is 1.85 bits per heavy atom. The number of amides is 1. The molecule has 0 fully saturated rings. The van der Waals surface area contributed by atoms with Crippen LogP contribution in [-0.2, 0) is 17.8 Å². The maximum absolute atomic E-state index is 12.1. The molecule has 0 aliphatic carbocycles. The first-order valence-electron chi connectivity index (χ1n) is 8.40. The molecule has 0 saturated heterocycles. The molecule has 0 aliphatic heterocycles. The second-order valence-corrected chi connectivity index (χ2v) is 7.22. The third kappa shape index (κ3) is 5.64. The van der Waals surface area contributed by atoms with Crippen molar-refractivity contribution in [2.75, 3.05) is 12.3 Å². The summed E-state index contributed by atoms with van der Waals surface area (Å²) in [7, 11) is 0. The number of rotatable bonds is 8. The van der Waals surface area contributed by atoms with E-state index < -0.39 is 0 Å². The number of carbonyl (C=O) groups excluding carboxylic acids is 1. The van der Waals surface area contributed by atoms with Crippen LogP contribution in [0.2, 0.25) is 5.02 Å². The highest BCUT2D eigenvalue weighted by Gasteiger charge is 2.08. The predicted octanol–water partition coefficient (Wildman–Crippen LogP) is 4.04. The molecule has 3 aromatic rings. The molecule has 0 bridgehead atoms. The average molecular weight is 386 g/mol. The second-order valence-electron chi connectivity index (χ2n) is 5.84. The van der Waals surface area contributed by atoms with Crippen LogP contribution >= 0.6 is 23.4 Å². The smallest absolute Gasteiger partial charge is 0.230 e. The van der Waals surface area contributed by atoms with E-state index in [0.717, 1.165) is 22.2 Å². The summed E-state index contributed by atoms with van der Waals surface area (Å²) in [5.74, 6) is 0.374. The molecule has 1 heterocycles. The Morgan fingerprint density at radius 3 is 2.62 bits per heavy atom. The molecule has 0 saturated carbocycles. The zero-order valence-electron chi connectivity index (χ0n) is 14.3. The molecular weight excluding hydrogens is 366 g/mol. The number of imidazole rings is 1. The van der Waals surface area contributed by atoms with Gasteiger partial charge in [0, 0.05) is 30.5 Å². The van der Waals surface area contributed by atoms with Gasteiger partial charge < -0.3 is 9.88 Å². The van der Waals surface area contributed by atoms with Gasteiger partial charge in [-0.05, 0) is 29.7 Å². The molecular formula is C20H20ClN3OS. The van der Waals surface area contributed by atoms with Crippen LogP contribution in [0.25, 0.3) is 0 Å². The maximum Gasteiger partial charge on any atom is 0.230 e. The van der Waals surface area contributed by atoms with Crippen molar-refractivity contribution in [3.63, 3.8) is 0 Å². The summed E-state index contributed by atoms with van der Waals surface area (Å²) in [5, 5.41) is 4.51. The van der Waals surface area contributed by atoms with Crippen molar-refractivity contribution in [3.05, 3.63) is 83.1 Å². The summed E-state index contributed by atoms with van der Waals surface area (Å²) in [6.07, 6.45) is 4.51. The summed E-state index contributed by atoms with van der Waals surface area (Å²) in [6, 6.07) is 17.9. The second kappa shape index (κ2) is 9.46. The predicted molar refractivity (Wildman–Crippen MR) is 107 cm³/mol. The Bertz CT molecular complexity index is 834. The highest BCUT2D eigenvalue weighted by Crippen LogP contribution is 2.18. The number of halogens is 1. The van der Waals surface area contributed by atoms with Crippen LogP contribution < -0.4 is 5.32 Å². The Labute approximate surface area is 162 Å². The fourth-order valence-corrected chi connectivity index (χ4v) is 3.43. The zero-order chi connectivity index (χ0) is 18.2. The average Bonchev–Trinajstić information content (AvgIpc) is 3.10. The monoisotopic (exact) mass is 385 g/mol. The van der Waals surface area contributed by atoms with E-state index in [1.807, 2.05) is 53.2 Å². The van der Waals surface area contributed by atoms with Crippen molar-refractivity contribution in [1.29, 1.82) is 0 Å². The highest BCUT2D eigenvalue weighted by molar-refractivity contribution is 7.99. The van der Waals surface area contributed by atoms with E-state index in [9.17, 15) is 4.79 Å². The van der Waals surface area contributed by atoms with Crippen molar-refractivity contribution in [2.45, 2.75) is 18.1 Å². The molecule has 4 nitrogen and oxygen atoms in total. The van der Waals surface area contributed by atoms with Gasteiger partial charge in [-0.1, -0.05) is 65.8 Å². The fraction of sp³-hybridized carbons (Fsp3) is 0.200. The molecule has 0 atom stereocenters. The van der Waals surface area contributed by atoms with Crippen molar-refractivity contribution in [2.24, 2.45) is 0 Å². The molecule has 0 aliphatic rings. The molecule has 134 valence electrons. The van der Waals surface area contributed by atoms with Gasteiger partial charge in [0.2, 0.25) is 5.91 Å². The molecule has 0 radical (unpaired) electrons. The van der Waals surface area contributed by atoms with E-state index in [4.69, 9.17) is 11.6 Å². The SMILES string of the molecule is O=C(CSc1nccn1Cc1ccc(Cl)cc1)NCCc1ccccc1. The van der Waals surface area contributed by atoms with Crippen LogP contribution in [0.1, 0.15) is 11.1 Å². The molecule has 0 unspecified atom stereocenters. The molecule has 26 heavy (non-hydrogen) atoms. The van der Waals surface area contributed by atoms with E-state index in [-0.39, 0.29) is 5.91 Å². The van der Waals surface area contributed by atoms with Crippen LogP contribution in [0.5, 0.6) is 0 Å². The van der Waals surface area contributed by atoms with Crippen LogP contribution in [0.15, 0.2) is 72.1 Å². The minimum Gasteiger partial charge on any atom is -0.355 e. The number of thioether (sulfide) groups is 1. The van der Waals surface area contributed by atoms with Gasteiger partial charge in [-0.3, -0.25) is 4.79 Å². The van der Waals surface area contributed by atoms with Gasteiger partial charge in [0.1, 0.15) is 0 Å². The normalized spacial score (nSPS) is 10.7. The lowest BCUT2D eigenvalue weighted by atomic mass is 10.1. The Balaban J connectivity index is 1.45. The number of aromatic nitrogens is 2. The van der Waals surface area contributed by atoms with Gasteiger partial charge >= 0.3 is 0 Å². The van der Waals surface area contributed by atoms with E-state index in [1.54, 1.807) is 6.20 Å². The Hall–Kier alpha value is -2.24. The van der Waals surface area contributed by atoms with Crippen molar-refractivity contribution >= 4 is 29.3 Å². The van der Waals surface area contributed by atoms with Crippen LogP contribution in [0, 0.1) is 0 Å². The van der Waals surface area contributed by atoms with Gasteiger partial charge in [0.15, 0.2) is 5.16 Å². The molecule has 1 N–H and O–H groups in total. The molecule has 1 aromatic heterocycles. The lowest BCUT2D eigenvalue weighted by molar-refractivity contribution is -0.118. The standard InChI is InChI=1S/C20H20ClN3OS/c21-18-8-6-17(7-9-18)14-24-13-12-23-20(24)26-15-19(25)22-11-10-16-4-2-1-3-5-16/h1-9,12-13H,10-11,14-15H2,(H,22,25). The van der Waals surface area contributed by atoms with Gasteiger partial charge in [-0.25, -0.2) is 4.98 Å². The zero-order valence-corrected chi connectivity index (χ0v) is 15.8. The summed E-state index contributed by atoms with van der Waals surface area (Å²) < 4.78 is 2.03. The Kier molecular flexibility index (Phi) is 6.75. The van der Waals surface area contributed by atoms with Crippen LogP contribution in [0.3, 0.4) is 0 Å². The molecule has 6 heteroatoms. The number of nitrogens with zero attached hydrogens (tertiary/aromatic N) is 2. The summed E-state index contributed by atoms with van der Waals surface area (Å²) in [4.78, 5) is 16.4. The maximum atomic E-state index is 12.1. The van der Waals surface area contributed by atoms with E-state index in [2.05, 4.69) is 22.4 Å². The van der Waals surface area contributed by atoms with E-state index >= 15 is 0 Å². The molecule has 0 spiro atoms. The van der Waals surface area contributed by atoms with Gasteiger partial charge in [-0.15, -0.1) is 0 Å². The lowest BCUT2D eigenvalue weighted by Gasteiger charge is -2.08. The molecule has 1 amide bonds. The highest BCUT2D eigenvalue weighted by atomic mass is 35.5. The first-order valence-corrected chi connectivity index (χ1v) is 9.76. The fourth-order valence-electron chi connectivity index (χ4n) is 2.51. The van der Waals surface area contributed by atoms with Gasteiger partial charge in [0.05, 0.1) is 5.75 Å². The topological polar surface area (TPSA) is 46.9 Å². The molecule has 2 aromatic carbocycles. The number of hydrogen-bond acceptors (Lipinski definition) is 3. The number of carbonyl (C=O) groups is 1. The summed E-state index contributed by atoms with van der Waals surface area (Å²) >= 11 is 7.37. The van der Waals surface area contributed by atoms with Crippen molar-refractivity contribution in [1.82, 2.24) is 14.9 Å². The quantitative estimate of drug-likeness (QED) is 0.595. The Morgan fingerprint density at radius 1 is 1.08 bits per heavy atom. The third-order valence-corrected chi connectivity index (χ3v) is 5.11. The molecule has 3 rings (SSSR count). The number of hydrogen-bond donors (Lipinski definition) is 1. The van der Waals surface area contributed by atoms with Crippen molar-refractivity contribution in [3.8, 4) is 0 Å². The minimum atomic E-state index is 0.0203. The summed E-state index contributed by atoms with van der Waals surface area (Å²) in [6.45, 7) is 1.34. The largest absolute Gasteiger partial charge is 0.355 e. The van der Waals surface area contributed by atoms with Gasteiger partial charge in [0.25, 0.3) is 0 Å². The lowest BCUT2D eigenvalue weighted by Crippen LogP contribution is -2.27. The van der Waals surface area contributed by atoms with Crippen molar-refractivity contribution < 1.29 is 4.79 Å². The third-order valence-electron chi connectivity index (χ3n) is 3.85. The van der Waals surface area contributed by atoms with Crippen LogP contribution in [0.4, 0.5) is 0 Å². The summed E-state index contributed by atoms with van der Waals surface area (Å²) in [5.41, 5.74) is 2.36. The van der Waals surface area contributed by atoms with Crippen LogP contribution in [-0.4, -0.2) is 27.8 Å². The number of benzene rings is 2. The van der Waals surface area contributed by atoms with E-state index in [0.29, 0.717) is 18.8 Å². The first-order chi connectivity index (χ1) is 12.7. The first kappa shape index (κ1) is 18.5. The van der Waals surface area contributed by atoms with E-state index in [1.165, 1.54) is 17.3 Å². The number of nitrogens with one attached hydrogen (secondary N) is 1. The van der Waals surface area contributed by atoms with Gasteiger partial charge in [-0.2, -0.15) is 0 Å². The minimum absolute atomic E-state index is 0.0203.